The van der Waals surface area contributed by atoms with Crippen molar-refractivity contribution in [3.63, 3.8) is 0 Å². The fraction of sp³-hybridized carbons (Fsp3) is 0.556. The molecule has 2 heteroatoms. The van der Waals surface area contributed by atoms with Gasteiger partial charge < -0.3 is 5.32 Å². The summed E-state index contributed by atoms with van der Waals surface area (Å²) in [6.07, 6.45) is 1.39. The van der Waals surface area contributed by atoms with E-state index in [1.165, 1.54) is 13.0 Å². The van der Waals surface area contributed by atoms with Crippen LogP contribution in [0, 0.1) is 5.92 Å². The summed E-state index contributed by atoms with van der Waals surface area (Å²) < 4.78 is 0. The van der Waals surface area contributed by atoms with Gasteiger partial charge in [0.15, 0.2) is 0 Å². The highest BCUT2D eigenvalue weighted by molar-refractivity contribution is 7.10. The molecule has 1 fully saturated rings. The van der Waals surface area contributed by atoms with E-state index in [4.69, 9.17) is 0 Å². The molecule has 2 atom stereocenters. The molecule has 60 valence electrons. The monoisotopic (exact) mass is 167 g/mol. The quantitative estimate of drug-likeness (QED) is 0.726. The predicted molar refractivity (Wildman–Crippen MR) is 49.1 cm³/mol. The summed E-state index contributed by atoms with van der Waals surface area (Å²) in [4.78, 5) is 1.57. The van der Waals surface area contributed by atoms with Crippen molar-refractivity contribution in [2.24, 2.45) is 5.92 Å². The first kappa shape index (κ1) is 7.32. The lowest BCUT2D eigenvalue weighted by atomic mass is 10.3. The molecule has 1 aliphatic carbocycles. The highest BCUT2D eigenvalue weighted by Gasteiger charge is 2.37. The maximum atomic E-state index is 3.23. The minimum Gasteiger partial charge on any atom is -0.319 e. The average molecular weight is 167 g/mol. The van der Waals surface area contributed by atoms with Crippen molar-refractivity contribution in [3.05, 3.63) is 22.4 Å². The number of hydrogen-bond donors (Lipinski definition) is 1. The average Bonchev–Trinajstić information content (AvgIpc) is 2.61. The third-order valence-electron chi connectivity index (χ3n) is 2.30. The molecule has 1 aromatic heterocycles. The Kier molecular flexibility index (Phi) is 1.96. The van der Waals surface area contributed by atoms with E-state index in [9.17, 15) is 0 Å². The molecule has 11 heavy (non-hydrogen) atoms. The van der Waals surface area contributed by atoms with Crippen molar-refractivity contribution in [1.82, 2.24) is 5.32 Å². The van der Waals surface area contributed by atoms with Crippen molar-refractivity contribution < 1.29 is 0 Å². The summed E-state index contributed by atoms with van der Waals surface area (Å²) in [5.41, 5.74) is 0. The summed E-state index contributed by atoms with van der Waals surface area (Å²) in [5.74, 6) is 1.79. The second kappa shape index (κ2) is 2.95. The molecule has 0 aliphatic heterocycles. The Morgan fingerprint density at radius 3 is 3.27 bits per heavy atom. The Balaban J connectivity index is 1.92. The van der Waals surface area contributed by atoms with Gasteiger partial charge in [-0.15, -0.1) is 11.3 Å². The van der Waals surface area contributed by atoms with Crippen molar-refractivity contribution in [1.29, 1.82) is 0 Å². The molecule has 0 saturated heterocycles. The third kappa shape index (κ3) is 1.47. The zero-order valence-electron chi connectivity index (χ0n) is 6.71. The minimum atomic E-state index is 0.877. The number of nitrogens with one attached hydrogen (secondary N) is 1. The first-order chi connectivity index (χ1) is 5.42. The van der Waals surface area contributed by atoms with Crippen LogP contribution in [0.4, 0.5) is 0 Å². The Hall–Kier alpha value is -0.340. The van der Waals surface area contributed by atoms with Crippen LogP contribution in [0.3, 0.4) is 0 Å². The van der Waals surface area contributed by atoms with Gasteiger partial charge in [0, 0.05) is 4.88 Å². The van der Waals surface area contributed by atoms with Crippen molar-refractivity contribution in [2.75, 3.05) is 13.6 Å². The molecular weight excluding hydrogens is 154 g/mol. The molecule has 0 radical (unpaired) electrons. The number of rotatable bonds is 3. The first-order valence-electron chi connectivity index (χ1n) is 4.10. The van der Waals surface area contributed by atoms with Crippen molar-refractivity contribution in [3.8, 4) is 0 Å². The second-order valence-electron chi connectivity index (χ2n) is 3.18. The van der Waals surface area contributed by atoms with Crippen LogP contribution in [0.1, 0.15) is 17.2 Å². The molecule has 1 aliphatic rings. The van der Waals surface area contributed by atoms with Gasteiger partial charge in [0.25, 0.3) is 0 Å². The zero-order chi connectivity index (χ0) is 7.68. The molecule has 1 N–H and O–H groups in total. The van der Waals surface area contributed by atoms with E-state index in [0.29, 0.717) is 0 Å². The van der Waals surface area contributed by atoms with Gasteiger partial charge >= 0.3 is 0 Å². The van der Waals surface area contributed by atoms with E-state index < -0.39 is 0 Å². The molecule has 1 aromatic rings. The van der Waals surface area contributed by atoms with Gasteiger partial charge in [-0.3, -0.25) is 0 Å². The Bertz CT molecular complexity index is 217. The van der Waals surface area contributed by atoms with E-state index in [2.05, 4.69) is 22.8 Å². The summed E-state index contributed by atoms with van der Waals surface area (Å²) >= 11 is 1.90. The van der Waals surface area contributed by atoms with E-state index in [0.717, 1.165) is 11.8 Å². The van der Waals surface area contributed by atoms with Crippen LogP contribution in [0.25, 0.3) is 0 Å². The van der Waals surface area contributed by atoms with Crippen LogP contribution < -0.4 is 5.32 Å². The number of hydrogen-bond acceptors (Lipinski definition) is 2. The number of thiophene rings is 1. The highest BCUT2D eigenvalue weighted by Crippen LogP contribution is 2.48. The summed E-state index contributed by atoms with van der Waals surface area (Å²) in [7, 11) is 2.03. The van der Waals surface area contributed by atoms with Gasteiger partial charge in [-0.1, -0.05) is 6.07 Å². The van der Waals surface area contributed by atoms with E-state index in [1.54, 1.807) is 4.88 Å². The molecule has 1 nitrogen and oxygen atoms in total. The Morgan fingerprint density at radius 1 is 1.73 bits per heavy atom. The maximum absolute atomic E-state index is 3.23. The van der Waals surface area contributed by atoms with Gasteiger partial charge in [-0.25, -0.2) is 0 Å². The Labute approximate surface area is 71.4 Å². The van der Waals surface area contributed by atoms with Crippen molar-refractivity contribution >= 4 is 11.3 Å². The van der Waals surface area contributed by atoms with E-state index in [1.807, 2.05) is 18.4 Å². The molecule has 1 heterocycles. The van der Waals surface area contributed by atoms with Crippen LogP contribution in [0.5, 0.6) is 0 Å². The van der Waals surface area contributed by atoms with Crippen LogP contribution in [-0.4, -0.2) is 13.6 Å². The fourth-order valence-electron chi connectivity index (χ4n) is 1.59. The van der Waals surface area contributed by atoms with Gasteiger partial charge in [-0.05, 0) is 43.3 Å². The standard InChI is InChI=1S/C9H13NS/c1-10-6-7-5-8(7)9-3-2-4-11-9/h2-4,7-8,10H,5-6H2,1H3/t7-,8-/m1/s1. The van der Waals surface area contributed by atoms with Crippen LogP contribution >= 0.6 is 11.3 Å². The molecule has 1 saturated carbocycles. The topological polar surface area (TPSA) is 12.0 Å². The van der Waals surface area contributed by atoms with Crippen LogP contribution in [0.2, 0.25) is 0 Å². The van der Waals surface area contributed by atoms with Gasteiger partial charge in [0.1, 0.15) is 0 Å². The summed E-state index contributed by atoms with van der Waals surface area (Å²) in [5, 5.41) is 5.40. The van der Waals surface area contributed by atoms with E-state index >= 15 is 0 Å². The molecule has 0 aromatic carbocycles. The lowest BCUT2D eigenvalue weighted by Gasteiger charge is -1.94. The van der Waals surface area contributed by atoms with Gasteiger partial charge in [0.2, 0.25) is 0 Å². The SMILES string of the molecule is CNC[C@H]1C[C@H]1c1cccs1. The Morgan fingerprint density at radius 2 is 2.64 bits per heavy atom. The van der Waals surface area contributed by atoms with Crippen LogP contribution in [0.15, 0.2) is 17.5 Å². The van der Waals surface area contributed by atoms with Gasteiger partial charge in [-0.2, -0.15) is 0 Å². The summed E-state index contributed by atoms with van der Waals surface area (Å²) in [6.45, 7) is 1.18. The minimum absolute atomic E-state index is 0.877. The first-order valence-corrected chi connectivity index (χ1v) is 4.98. The molecule has 0 spiro atoms. The zero-order valence-corrected chi connectivity index (χ0v) is 7.53. The molecule has 0 amide bonds. The summed E-state index contributed by atoms with van der Waals surface area (Å²) in [6, 6.07) is 4.40. The maximum Gasteiger partial charge on any atom is 0.00795 e. The normalized spacial score (nSPS) is 28.8. The van der Waals surface area contributed by atoms with Gasteiger partial charge in [0.05, 0.1) is 0 Å². The largest absolute Gasteiger partial charge is 0.319 e. The second-order valence-corrected chi connectivity index (χ2v) is 4.15. The third-order valence-corrected chi connectivity index (χ3v) is 3.30. The van der Waals surface area contributed by atoms with Crippen molar-refractivity contribution in [2.45, 2.75) is 12.3 Å². The fourth-order valence-corrected chi connectivity index (χ4v) is 2.52. The van der Waals surface area contributed by atoms with E-state index in [-0.39, 0.29) is 0 Å². The smallest absolute Gasteiger partial charge is 0.00795 e. The molecule has 0 unspecified atom stereocenters. The van der Waals surface area contributed by atoms with Crippen LogP contribution in [-0.2, 0) is 0 Å². The highest BCUT2D eigenvalue weighted by atomic mass is 32.1. The predicted octanol–water partition coefficient (Wildman–Crippen LogP) is 2.07. The molecule has 0 bridgehead atoms. The lowest BCUT2D eigenvalue weighted by Crippen LogP contribution is -2.09. The molecular formula is C9H13NS. The lowest BCUT2D eigenvalue weighted by molar-refractivity contribution is 0.700. The molecule has 2 rings (SSSR count).